The average Bonchev–Trinajstić information content (AvgIpc) is 2.95. The molecule has 94 valence electrons. The molecule has 2 aliphatic rings. The van der Waals surface area contributed by atoms with Crippen LogP contribution in [0.4, 0.5) is 0 Å². The van der Waals surface area contributed by atoms with Crippen LogP contribution < -0.4 is 5.32 Å². The summed E-state index contributed by atoms with van der Waals surface area (Å²) in [5.41, 5.74) is 0.806. The minimum atomic E-state index is -0.279. The van der Waals surface area contributed by atoms with Crippen LogP contribution in [0.25, 0.3) is 0 Å². The number of fused-ring (bicyclic) bond motifs is 1. The Bertz CT molecular complexity index is 482. The number of carbonyl (C=O) groups excluding carboxylic acids is 2. The molecule has 3 heterocycles. The molecule has 0 aromatic carbocycles. The second-order valence-corrected chi connectivity index (χ2v) is 4.40. The van der Waals surface area contributed by atoms with Crippen LogP contribution in [0.15, 0.2) is 18.5 Å². The molecule has 0 radical (unpaired) electrons. The number of nitrogens with one attached hydrogen (secondary N) is 1. The summed E-state index contributed by atoms with van der Waals surface area (Å²) in [4.78, 5) is 29.7. The third kappa shape index (κ3) is 1.46. The first kappa shape index (κ1) is 11.3. The first-order valence-corrected chi connectivity index (χ1v) is 5.79. The van der Waals surface area contributed by atoms with E-state index in [2.05, 4.69) is 10.3 Å². The summed E-state index contributed by atoms with van der Waals surface area (Å²) >= 11 is 0. The largest absolute Gasteiger partial charge is 0.378 e. The minimum Gasteiger partial charge on any atom is -0.378 e. The Morgan fingerprint density at radius 3 is 2.83 bits per heavy atom. The highest BCUT2D eigenvalue weighted by Gasteiger charge is 2.44. The highest BCUT2D eigenvalue weighted by Crippen LogP contribution is 2.26. The molecule has 18 heavy (non-hydrogen) atoms. The molecule has 2 aliphatic heterocycles. The predicted octanol–water partition coefficient (Wildman–Crippen LogP) is -0.336. The number of amides is 2. The van der Waals surface area contributed by atoms with Crippen LogP contribution >= 0.6 is 0 Å². The van der Waals surface area contributed by atoms with Gasteiger partial charge in [-0.15, -0.1) is 0 Å². The van der Waals surface area contributed by atoms with Gasteiger partial charge in [-0.1, -0.05) is 0 Å². The SMILES string of the molecule is CO[C@H]1CNCC1N1C(=O)c2ccncc2C1=O. The number of rotatable bonds is 2. The Hall–Kier alpha value is -1.79. The van der Waals surface area contributed by atoms with Gasteiger partial charge in [0.25, 0.3) is 11.8 Å². The van der Waals surface area contributed by atoms with Crippen molar-refractivity contribution in [3.05, 3.63) is 29.6 Å². The monoisotopic (exact) mass is 247 g/mol. The van der Waals surface area contributed by atoms with Crippen LogP contribution in [-0.4, -0.2) is 54.0 Å². The fraction of sp³-hybridized carbons (Fsp3) is 0.417. The smallest absolute Gasteiger partial charge is 0.263 e. The van der Waals surface area contributed by atoms with Crippen molar-refractivity contribution in [2.75, 3.05) is 20.2 Å². The van der Waals surface area contributed by atoms with E-state index in [-0.39, 0.29) is 24.0 Å². The number of nitrogens with zero attached hydrogens (tertiary/aromatic N) is 2. The van der Waals surface area contributed by atoms with Gasteiger partial charge in [-0.25, -0.2) is 0 Å². The van der Waals surface area contributed by atoms with E-state index in [1.807, 2.05) is 0 Å². The van der Waals surface area contributed by atoms with E-state index < -0.39 is 0 Å². The molecule has 0 aliphatic carbocycles. The number of hydrogen-bond donors (Lipinski definition) is 1. The zero-order chi connectivity index (χ0) is 12.7. The van der Waals surface area contributed by atoms with Gasteiger partial charge in [0, 0.05) is 32.6 Å². The summed E-state index contributed by atoms with van der Waals surface area (Å²) < 4.78 is 5.31. The van der Waals surface area contributed by atoms with E-state index in [1.54, 1.807) is 13.2 Å². The number of aromatic nitrogens is 1. The molecule has 1 saturated heterocycles. The lowest BCUT2D eigenvalue weighted by molar-refractivity contribution is 0.0334. The van der Waals surface area contributed by atoms with Gasteiger partial charge in [0.2, 0.25) is 0 Å². The maximum Gasteiger partial charge on any atom is 0.263 e. The van der Waals surface area contributed by atoms with Crippen LogP contribution in [0.3, 0.4) is 0 Å². The molecular formula is C12H13N3O3. The summed E-state index contributed by atoms with van der Waals surface area (Å²) in [7, 11) is 1.59. The summed E-state index contributed by atoms with van der Waals surface area (Å²) in [6.07, 6.45) is 2.81. The third-order valence-corrected chi connectivity index (χ3v) is 3.48. The van der Waals surface area contributed by atoms with Crippen molar-refractivity contribution in [2.45, 2.75) is 12.1 Å². The van der Waals surface area contributed by atoms with Gasteiger partial charge < -0.3 is 10.1 Å². The number of carbonyl (C=O) groups is 2. The molecule has 0 spiro atoms. The molecule has 1 N–H and O–H groups in total. The van der Waals surface area contributed by atoms with Gasteiger partial charge in [-0.2, -0.15) is 0 Å². The van der Waals surface area contributed by atoms with Crippen molar-refractivity contribution >= 4 is 11.8 Å². The third-order valence-electron chi connectivity index (χ3n) is 3.48. The Balaban J connectivity index is 1.97. The van der Waals surface area contributed by atoms with Crippen LogP contribution in [0.2, 0.25) is 0 Å². The van der Waals surface area contributed by atoms with Crippen molar-refractivity contribution in [3.63, 3.8) is 0 Å². The maximum atomic E-state index is 12.2. The number of ether oxygens (including phenoxy) is 1. The van der Waals surface area contributed by atoms with Gasteiger partial charge in [0.1, 0.15) is 0 Å². The van der Waals surface area contributed by atoms with Gasteiger partial charge in [-0.05, 0) is 6.07 Å². The second-order valence-electron chi connectivity index (χ2n) is 4.40. The molecule has 3 rings (SSSR count). The predicted molar refractivity (Wildman–Crippen MR) is 62.2 cm³/mol. The van der Waals surface area contributed by atoms with Crippen molar-refractivity contribution in [1.82, 2.24) is 15.2 Å². The zero-order valence-corrected chi connectivity index (χ0v) is 9.92. The molecule has 6 heteroatoms. The molecule has 1 fully saturated rings. The standard InChI is InChI=1S/C12H13N3O3/c1-18-10-6-14-5-9(10)15-11(16)7-2-3-13-4-8(7)12(15)17/h2-4,9-10,14H,5-6H2,1H3/t9?,10-/m0/s1. The lowest BCUT2D eigenvalue weighted by Gasteiger charge is -2.25. The Morgan fingerprint density at radius 1 is 1.33 bits per heavy atom. The van der Waals surface area contributed by atoms with Gasteiger partial charge in [0.05, 0.1) is 23.3 Å². The van der Waals surface area contributed by atoms with E-state index in [9.17, 15) is 9.59 Å². The summed E-state index contributed by atoms with van der Waals surface area (Å²) in [5.74, 6) is -0.535. The fourth-order valence-electron chi connectivity index (χ4n) is 2.54. The first-order chi connectivity index (χ1) is 8.74. The lowest BCUT2D eigenvalue weighted by atomic mass is 10.2. The van der Waals surface area contributed by atoms with E-state index in [4.69, 9.17) is 4.74 Å². The molecule has 1 aromatic heterocycles. The van der Waals surface area contributed by atoms with Crippen molar-refractivity contribution < 1.29 is 14.3 Å². The van der Waals surface area contributed by atoms with Gasteiger partial charge in [0.15, 0.2) is 0 Å². The molecule has 2 amide bonds. The van der Waals surface area contributed by atoms with Gasteiger partial charge >= 0.3 is 0 Å². The van der Waals surface area contributed by atoms with Crippen molar-refractivity contribution in [1.29, 1.82) is 0 Å². The maximum absolute atomic E-state index is 12.2. The number of methoxy groups -OCH3 is 1. The van der Waals surface area contributed by atoms with E-state index in [0.717, 1.165) is 0 Å². The number of pyridine rings is 1. The molecule has 2 atom stereocenters. The zero-order valence-electron chi connectivity index (χ0n) is 9.92. The molecule has 0 bridgehead atoms. The second kappa shape index (κ2) is 4.15. The summed E-state index contributed by atoms with van der Waals surface area (Å²) in [6, 6.07) is 1.34. The highest BCUT2D eigenvalue weighted by molar-refractivity contribution is 6.21. The minimum absolute atomic E-state index is 0.153. The number of imide groups is 1. The summed E-state index contributed by atoms with van der Waals surface area (Å²) in [5, 5.41) is 3.13. The molecular weight excluding hydrogens is 234 g/mol. The number of hydrogen-bond acceptors (Lipinski definition) is 5. The van der Waals surface area contributed by atoms with Crippen molar-refractivity contribution in [3.8, 4) is 0 Å². The highest BCUT2D eigenvalue weighted by atomic mass is 16.5. The first-order valence-electron chi connectivity index (χ1n) is 5.79. The molecule has 1 aromatic rings. The Morgan fingerprint density at radius 2 is 2.11 bits per heavy atom. The van der Waals surface area contributed by atoms with Crippen LogP contribution in [0.5, 0.6) is 0 Å². The van der Waals surface area contributed by atoms with Crippen LogP contribution in [-0.2, 0) is 4.74 Å². The normalized spacial score (nSPS) is 26.8. The van der Waals surface area contributed by atoms with Crippen LogP contribution in [0.1, 0.15) is 20.7 Å². The molecule has 6 nitrogen and oxygen atoms in total. The lowest BCUT2D eigenvalue weighted by Crippen LogP contribution is -2.47. The van der Waals surface area contributed by atoms with E-state index >= 15 is 0 Å². The van der Waals surface area contributed by atoms with E-state index in [0.29, 0.717) is 24.2 Å². The van der Waals surface area contributed by atoms with Gasteiger partial charge in [-0.3, -0.25) is 19.5 Å². The van der Waals surface area contributed by atoms with E-state index in [1.165, 1.54) is 17.3 Å². The summed E-state index contributed by atoms with van der Waals surface area (Å²) in [6.45, 7) is 1.21. The van der Waals surface area contributed by atoms with Crippen molar-refractivity contribution in [2.24, 2.45) is 0 Å². The Kier molecular flexibility index (Phi) is 2.61. The Labute approximate surface area is 104 Å². The molecule has 0 saturated carbocycles. The molecule has 1 unspecified atom stereocenters. The quantitative estimate of drug-likeness (QED) is 0.724. The topological polar surface area (TPSA) is 71.5 Å². The fourth-order valence-corrected chi connectivity index (χ4v) is 2.54. The average molecular weight is 247 g/mol. The van der Waals surface area contributed by atoms with Crippen LogP contribution in [0, 0.1) is 0 Å².